The summed E-state index contributed by atoms with van der Waals surface area (Å²) >= 11 is 1.41. The maximum Gasteiger partial charge on any atom is 0.338 e. The Hall–Kier alpha value is -3.76. The van der Waals surface area contributed by atoms with Crippen LogP contribution in [0.15, 0.2) is 75.9 Å². The highest BCUT2D eigenvalue weighted by Gasteiger charge is 2.41. The van der Waals surface area contributed by atoms with E-state index in [1.807, 2.05) is 58.8 Å². The number of aliphatic imine (C=N–C) groups is 1. The Morgan fingerprint density at radius 2 is 1.87 bits per heavy atom. The Balaban J connectivity index is 1.66. The lowest BCUT2D eigenvalue weighted by atomic mass is 9.93. The van der Waals surface area contributed by atoms with Crippen LogP contribution in [0.1, 0.15) is 30.5 Å². The smallest absolute Gasteiger partial charge is 0.338 e. The number of amides is 1. The average Bonchev–Trinajstić information content (AvgIpc) is 3.32. The fourth-order valence-electron chi connectivity index (χ4n) is 4.28. The quantitative estimate of drug-likeness (QED) is 0.337. The number of hydrogen-bond acceptors (Lipinski definition) is 9. The van der Waals surface area contributed by atoms with Gasteiger partial charge in [-0.25, -0.2) is 9.79 Å². The Bertz CT molecular complexity index is 1270. The van der Waals surface area contributed by atoms with E-state index in [9.17, 15) is 9.59 Å². The van der Waals surface area contributed by atoms with Crippen LogP contribution < -0.4 is 14.8 Å². The van der Waals surface area contributed by atoms with Gasteiger partial charge in [0.15, 0.2) is 16.7 Å². The van der Waals surface area contributed by atoms with Gasteiger partial charge in [0, 0.05) is 19.4 Å². The van der Waals surface area contributed by atoms with Crippen LogP contribution in [0.3, 0.4) is 0 Å². The monoisotopic (exact) mass is 537 g/mol. The van der Waals surface area contributed by atoms with Gasteiger partial charge in [0.05, 0.1) is 44.6 Å². The molecule has 2 aliphatic rings. The molecule has 0 radical (unpaired) electrons. The van der Waals surface area contributed by atoms with Gasteiger partial charge in [0.1, 0.15) is 6.61 Å². The molecule has 2 aliphatic heterocycles. The van der Waals surface area contributed by atoms with E-state index in [0.717, 1.165) is 16.8 Å². The molecular formula is C28H31N3O6S. The zero-order chi connectivity index (χ0) is 27.1. The molecule has 0 unspecified atom stereocenters. The maximum atomic E-state index is 13.0. The van der Waals surface area contributed by atoms with E-state index >= 15 is 0 Å². The van der Waals surface area contributed by atoms with Gasteiger partial charge in [0.2, 0.25) is 5.91 Å². The van der Waals surface area contributed by atoms with Crippen LogP contribution in [0.2, 0.25) is 0 Å². The highest BCUT2D eigenvalue weighted by atomic mass is 32.2. The average molecular weight is 538 g/mol. The lowest BCUT2D eigenvalue weighted by molar-refractivity contribution is -0.136. The van der Waals surface area contributed by atoms with Crippen molar-refractivity contribution >= 4 is 28.8 Å². The number of rotatable bonds is 11. The molecule has 0 saturated carbocycles. The van der Waals surface area contributed by atoms with Crippen LogP contribution in [0, 0.1) is 0 Å². The molecule has 38 heavy (non-hydrogen) atoms. The molecule has 2 aromatic carbocycles. The third-order valence-electron chi connectivity index (χ3n) is 6.12. The van der Waals surface area contributed by atoms with E-state index in [2.05, 4.69) is 10.3 Å². The number of esters is 1. The van der Waals surface area contributed by atoms with Gasteiger partial charge < -0.3 is 29.2 Å². The van der Waals surface area contributed by atoms with Crippen LogP contribution in [-0.4, -0.2) is 56.4 Å². The minimum Gasteiger partial charge on any atom is -0.493 e. The van der Waals surface area contributed by atoms with Crippen molar-refractivity contribution in [1.29, 1.82) is 0 Å². The number of nitrogens with zero attached hydrogens (tertiary/aromatic N) is 2. The molecule has 2 aromatic rings. The second-order valence-corrected chi connectivity index (χ2v) is 9.43. The number of amidine groups is 1. The van der Waals surface area contributed by atoms with Crippen molar-refractivity contribution in [3.05, 3.63) is 82.0 Å². The highest BCUT2D eigenvalue weighted by Crippen LogP contribution is 2.46. The third kappa shape index (κ3) is 6.03. The standard InChI is InChI=1S/C28H31N3O6S/c1-18-25(27(33)36-4)26(31-21(17-38-28(31)30-18)15-24(32)29-12-13-34-2)20-10-11-22(23(14-20)35-3)37-16-19-8-6-5-7-9-19/h5-11,14,17,26H,12-13,15-16H2,1-4H3,(H,29,32)/t26-/m0/s1. The van der Waals surface area contributed by atoms with Gasteiger partial charge in [-0.05, 0) is 35.6 Å². The zero-order valence-corrected chi connectivity index (χ0v) is 22.7. The number of hydrogen-bond donors (Lipinski definition) is 1. The fraction of sp³-hybridized carbons (Fsp3) is 0.321. The van der Waals surface area contributed by atoms with Crippen LogP contribution in [-0.2, 0) is 25.7 Å². The maximum absolute atomic E-state index is 13.0. The molecule has 200 valence electrons. The lowest BCUT2D eigenvalue weighted by Gasteiger charge is -2.36. The number of carbonyl (C=O) groups is 2. The third-order valence-corrected chi connectivity index (χ3v) is 7.01. The molecule has 0 spiro atoms. The van der Waals surface area contributed by atoms with Gasteiger partial charge in [-0.2, -0.15) is 0 Å². The van der Waals surface area contributed by atoms with Crippen LogP contribution >= 0.6 is 11.8 Å². The van der Waals surface area contributed by atoms with Crippen LogP contribution in [0.4, 0.5) is 0 Å². The van der Waals surface area contributed by atoms with Crippen LogP contribution in [0.25, 0.3) is 0 Å². The SMILES string of the molecule is COCCNC(=O)CC1=CSC2=NC(C)=C(C(=O)OC)[C@H](c3ccc(OCc4ccccc4)c(OC)c3)N12. The first-order valence-corrected chi connectivity index (χ1v) is 13.0. The normalized spacial score (nSPS) is 16.4. The number of carbonyl (C=O) groups excluding carboxylic acids is 2. The van der Waals surface area contributed by atoms with Crippen molar-refractivity contribution in [3.63, 3.8) is 0 Å². The molecule has 0 fully saturated rings. The van der Waals surface area contributed by atoms with E-state index < -0.39 is 12.0 Å². The second kappa shape index (κ2) is 12.7. The van der Waals surface area contributed by atoms with E-state index in [-0.39, 0.29) is 12.3 Å². The van der Waals surface area contributed by atoms with Crippen molar-refractivity contribution in [2.24, 2.45) is 4.99 Å². The number of ether oxygens (including phenoxy) is 4. The number of allylic oxidation sites excluding steroid dienone is 1. The number of methoxy groups -OCH3 is 3. The van der Waals surface area contributed by atoms with Gasteiger partial charge in [-0.1, -0.05) is 48.2 Å². The summed E-state index contributed by atoms with van der Waals surface area (Å²) in [7, 11) is 4.50. The summed E-state index contributed by atoms with van der Waals surface area (Å²) in [6, 6.07) is 14.9. The van der Waals surface area contributed by atoms with Gasteiger partial charge in [-0.15, -0.1) is 0 Å². The summed E-state index contributed by atoms with van der Waals surface area (Å²) in [5, 5.41) is 5.42. The summed E-state index contributed by atoms with van der Waals surface area (Å²) in [5.74, 6) is 0.467. The van der Waals surface area contributed by atoms with Gasteiger partial charge in [-0.3, -0.25) is 4.79 Å². The van der Waals surface area contributed by atoms with Crippen molar-refractivity contribution in [3.8, 4) is 11.5 Å². The Morgan fingerprint density at radius 3 is 2.58 bits per heavy atom. The van der Waals surface area contributed by atoms with E-state index in [4.69, 9.17) is 18.9 Å². The topological polar surface area (TPSA) is 98.7 Å². The minimum absolute atomic E-state index is 0.120. The molecule has 0 bridgehead atoms. The molecule has 4 rings (SSSR count). The number of thioether (sulfide) groups is 1. The first-order chi connectivity index (χ1) is 18.5. The summed E-state index contributed by atoms with van der Waals surface area (Å²) in [4.78, 5) is 32.2. The largest absolute Gasteiger partial charge is 0.493 e. The Morgan fingerprint density at radius 1 is 1.08 bits per heavy atom. The van der Waals surface area contributed by atoms with Crippen molar-refractivity contribution < 1.29 is 28.5 Å². The number of benzene rings is 2. The van der Waals surface area contributed by atoms with Crippen molar-refractivity contribution in [2.75, 3.05) is 34.5 Å². The van der Waals surface area contributed by atoms with Gasteiger partial charge >= 0.3 is 5.97 Å². The molecular weight excluding hydrogens is 506 g/mol. The summed E-state index contributed by atoms with van der Waals surface area (Å²) in [5.41, 5.74) is 3.48. The Labute approximate surface area is 226 Å². The second-order valence-electron chi connectivity index (χ2n) is 8.59. The fourth-order valence-corrected chi connectivity index (χ4v) is 5.25. The summed E-state index contributed by atoms with van der Waals surface area (Å²) in [6.45, 7) is 3.00. The molecule has 10 heteroatoms. The zero-order valence-electron chi connectivity index (χ0n) is 21.9. The van der Waals surface area contributed by atoms with E-state index in [1.165, 1.54) is 18.9 Å². The lowest BCUT2D eigenvalue weighted by Crippen LogP contribution is -2.38. The first-order valence-electron chi connectivity index (χ1n) is 12.1. The molecule has 9 nitrogen and oxygen atoms in total. The number of nitrogens with one attached hydrogen (secondary N) is 1. The van der Waals surface area contributed by atoms with Crippen LogP contribution in [0.5, 0.6) is 11.5 Å². The first kappa shape index (κ1) is 27.3. The molecule has 1 amide bonds. The predicted octanol–water partition coefficient (Wildman–Crippen LogP) is 4.17. The molecule has 0 aromatic heterocycles. The molecule has 0 aliphatic carbocycles. The summed E-state index contributed by atoms with van der Waals surface area (Å²) in [6.07, 6.45) is 0.120. The van der Waals surface area contributed by atoms with Gasteiger partial charge in [0.25, 0.3) is 0 Å². The van der Waals surface area contributed by atoms with Crippen molar-refractivity contribution in [1.82, 2.24) is 10.2 Å². The molecule has 1 N–H and O–H groups in total. The van der Waals surface area contributed by atoms with E-state index in [1.54, 1.807) is 21.1 Å². The predicted molar refractivity (Wildman–Crippen MR) is 146 cm³/mol. The molecule has 0 saturated heterocycles. The highest BCUT2D eigenvalue weighted by molar-refractivity contribution is 8.16. The van der Waals surface area contributed by atoms with Crippen molar-refractivity contribution in [2.45, 2.75) is 26.0 Å². The minimum atomic E-state index is -0.569. The Kier molecular flexibility index (Phi) is 9.09. The molecule has 1 atom stereocenters. The molecule has 2 heterocycles. The number of fused-ring (bicyclic) bond motifs is 1. The van der Waals surface area contributed by atoms with E-state index in [0.29, 0.717) is 47.7 Å². The summed E-state index contributed by atoms with van der Waals surface area (Å²) < 4.78 is 21.9.